The lowest BCUT2D eigenvalue weighted by molar-refractivity contribution is 1.61. The summed E-state index contributed by atoms with van der Waals surface area (Å²) < 4.78 is 0. The highest BCUT2D eigenvalue weighted by atomic mass is 14.4. The normalized spacial score (nSPS) is 12.0. The molecule has 94 heavy (non-hydrogen) atoms. The third-order valence-electron chi connectivity index (χ3n) is 20.6. The number of benzene rings is 18. The summed E-state index contributed by atoms with van der Waals surface area (Å²) in [4.78, 5) is 0. The summed E-state index contributed by atoms with van der Waals surface area (Å²) in [5.74, 6) is 0. The van der Waals surface area contributed by atoms with Crippen LogP contribution in [-0.2, 0) is 0 Å². The summed E-state index contributed by atoms with van der Waals surface area (Å²) in [5, 5.41) is 18.3. The third-order valence-corrected chi connectivity index (χ3v) is 20.6. The highest BCUT2D eigenvalue weighted by Gasteiger charge is 2.38. The summed E-state index contributed by atoms with van der Waals surface area (Å²) in [6, 6.07) is 126. The average Bonchev–Trinajstić information content (AvgIpc) is 1.51. The molecule has 0 N–H and O–H groups in total. The molecule has 21 rings (SSSR count). The van der Waals surface area contributed by atoms with E-state index >= 15 is 0 Å². The van der Waals surface area contributed by atoms with Crippen LogP contribution in [0.5, 0.6) is 0 Å². The molecule has 18 aromatic rings. The zero-order valence-electron chi connectivity index (χ0n) is 51.3. The molecule has 0 radical (unpaired) electrons. The Bertz CT molecular complexity index is 5780. The zero-order valence-corrected chi connectivity index (χ0v) is 51.3. The van der Waals surface area contributed by atoms with Crippen molar-refractivity contribution in [3.63, 3.8) is 0 Å². The minimum Gasteiger partial charge on any atom is -0.0622 e. The Morgan fingerprint density at radius 1 is 0.117 bits per heavy atom. The second kappa shape index (κ2) is 20.7. The Morgan fingerprint density at radius 3 is 0.691 bits per heavy atom. The summed E-state index contributed by atoms with van der Waals surface area (Å²) in [6.45, 7) is 0. The van der Waals surface area contributed by atoms with Crippen molar-refractivity contribution in [3.8, 4) is 134 Å². The van der Waals surface area contributed by atoms with Gasteiger partial charge in [-0.2, -0.15) is 0 Å². The predicted molar refractivity (Wildman–Crippen MR) is 401 cm³/mol. The van der Waals surface area contributed by atoms with E-state index in [1.165, 1.54) is 209 Å². The molecule has 18 aromatic carbocycles. The van der Waals surface area contributed by atoms with E-state index in [4.69, 9.17) is 0 Å². The highest BCUT2D eigenvalue weighted by Crippen LogP contribution is 2.65. The van der Waals surface area contributed by atoms with Gasteiger partial charge in [-0.15, -0.1) is 0 Å². The molecule has 432 valence electrons. The minimum absolute atomic E-state index is 1.25. The van der Waals surface area contributed by atoms with Gasteiger partial charge >= 0.3 is 0 Å². The molecular weight excluding hydrogens is 1130 g/mol. The van der Waals surface area contributed by atoms with E-state index < -0.39 is 0 Å². The SMILES string of the molecule is c1ccc(-c2c3c(c(-c4ccccc4)c4cc5ccccc5cc24)-c2cc4ccccc4c4cccc-3c24)cc1.c1ccc(-c2c3c(c(-c4ccccc4)c4ccccc24)-c2ccc4c5c(ccc-3c25)-c2c-4c(-c3ccccc3)c3ccccc3c2-c2ccccc2)cc1. The molecule has 0 heterocycles. The Labute approximate surface area is 545 Å². The van der Waals surface area contributed by atoms with Crippen LogP contribution in [0.1, 0.15) is 0 Å². The summed E-state index contributed by atoms with van der Waals surface area (Å²) in [6.07, 6.45) is 0. The van der Waals surface area contributed by atoms with E-state index in [9.17, 15) is 0 Å². The van der Waals surface area contributed by atoms with Crippen molar-refractivity contribution in [2.24, 2.45) is 0 Å². The maximum Gasteiger partial charge on any atom is -0.000719 e. The van der Waals surface area contributed by atoms with Crippen LogP contribution in [0.15, 0.2) is 340 Å². The molecule has 0 nitrogen and oxygen atoms in total. The van der Waals surface area contributed by atoms with Crippen LogP contribution in [-0.4, -0.2) is 0 Å². The molecule has 0 spiro atoms. The fraction of sp³-hybridized carbons (Fsp3) is 0. The molecule has 0 heteroatoms. The first kappa shape index (κ1) is 52.5. The zero-order chi connectivity index (χ0) is 61.5. The van der Waals surface area contributed by atoms with Crippen LogP contribution in [0, 0.1) is 0 Å². The van der Waals surface area contributed by atoms with Gasteiger partial charge < -0.3 is 0 Å². The Kier molecular flexibility index (Phi) is 11.5. The minimum atomic E-state index is 1.25. The Hall–Kier alpha value is -12.2. The molecule has 0 saturated carbocycles. The second-order valence-electron chi connectivity index (χ2n) is 25.5. The first-order chi connectivity index (χ1) is 46.7. The van der Waals surface area contributed by atoms with Crippen molar-refractivity contribution in [2.75, 3.05) is 0 Å². The largest absolute Gasteiger partial charge is 0.0622 e. The molecule has 3 aliphatic carbocycles. The van der Waals surface area contributed by atoms with Crippen LogP contribution in [0.3, 0.4) is 0 Å². The lowest BCUT2D eigenvalue weighted by atomic mass is 9.81. The van der Waals surface area contributed by atoms with E-state index in [2.05, 4.69) is 340 Å². The van der Waals surface area contributed by atoms with Gasteiger partial charge in [0.2, 0.25) is 0 Å². The van der Waals surface area contributed by atoms with Gasteiger partial charge in [-0.05, 0) is 227 Å². The lowest BCUT2D eigenvalue weighted by Crippen LogP contribution is -1.94. The van der Waals surface area contributed by atoms with E-state index in [1.54, 1.807) is 0 Å². The molecule has 0 amide bonds. The van der Waals surface area contributed by atoms with E-state index in [0.29, 0.717) is 0 Å². The van der Waals surface area contributed by atoms with Crippen molar-refractivity contribution >= 4 is 75.4 Å². The first-order valence-corrected chi connectivity index (χ1v) is 32.8. The number of hydrogen-bond donors (Lipinski definition) is 0. The van der Waals surface area contributed by atoms with Crippen molar-refractivity contribution in [1.82, 2.24) is 0 Å². The summed E-state index contributed by atoms with van der Waals surface area (Å²) in [7, 11) is 0. The van der Waals surface area contributed by atoms with Crippen molar-refractivity contribution in [2.45, 2.75) is 0 Å². The fourth-order valence-corrected chi connectivity index (χ4v) is 17.0. The second-order valence-corrected chi connectivity index (χ2v) is 25.5. The van der Waals surface area contributed by atoms with Crippen LogP contribution in [0.25, 0.3) is 209 Å². The number of rotatable bonds is 6. The van der Waals surface area contributed by atoms with Crippen molar-refractivity contribution in [3.05, 3.63) is 340 Å². The van der Waals surface area contributed by atoms with Crippen molar-refractivity contribution in [1.29, 1.82) is 0 Å². The molecule has 0 aromatic heterocycles. The van der Waals surface area contributed by atoms with Gasteiger partial charge in [0.05, 0.1) is 0 Å². The average molecular weight is 1190 g/mol. The van der Waals surface area contributed by atoms with Crippen LogP contribution in [0.4, 0.5) is 0 Å². The van der Waals surface area contributed by atoms with Gasteiger partial charge in [-0.1, -0.05) is 322 Å². The molecule has 0 unspecified atom stereocenters. The molecular formula is C94H56. The predicted octanol–water partition coefficient (Wildman–Crippen LogP) is 26.4. The molecule has 0 aliphatic heterocycles. The molecule has 0 fully saturated rings. The van der Waals surface area contributed by atoms with Crippen LogP contribution >= 0.6 is 0 Å². The van der Waals surface area contributed by atoms with Crippen LogP contribution < -0.4 is 0 Å². The van der Waals surface area contributed by atoms with E-state index in [-0.39, 0.29) is 0 Å². The maximum absolute atomic E-state index is 2.44. The Balaban J connectivity index is 0.000000135. The molecule has 0 saturated heterocycles. The summed E-state index contributed by atoms with van der Waals surface area (Å²) in [5.41, 5.74) is 31.4. The molecule has 0 bridgehead atoms. The standard InChI is InChI=1S/C54H32.C40H24/c1-5-17-33(18-6-1)45-37-25-13-14-26-38(37)46(34-19-7-2-8-20-34)52-42-31-32-44-50-43(30-29-41(49(42)50)51(45)52)53-47(35-21-9-3-10-22-35)39-27-15-16-28-40(39)48(54(44)53)36-23-11-4-12-24-36;1-3-12-25(13-4-1)36-33-22-27-16-7-8-17-28(27)23-34(33)37(26-14-5-2-6-15-26)40-35-24-29-18-9-10-19-30(29)31-20-11-21-32(38(31)35)39(36)40/h1-32H;1-24H. The highest BCUT2D eigenvalue weighted by molar-refractivity contribution is 6.36. The van der Waals surface area contributed by atoms with Gasteiger partial charge in [0.1, 0.15) is 0 Å². The third kappa shape index (κ3) is 7.57. The van der Waals surface area contributed by atoms with E-state index in [1.807, 2.05) is 0 Å². The van der Waals surface area contributed by atoms with Gasteiger partial charge in [-0.3, -0.25) is 0 Å². The van der Waals surface area contributed by atoms with Gasteiger partial charge in [-0.25, -0.2) is 0 Å². The van der Waals surface area contributed by atoms with E-state index in [0.717, 1.165) is 0 Å². The van der Waals surface area contributed by atoms with Crippen molar-refractivity contribution < 1.29 is 0 Å². The van der Waals surface area contributed by atoms with Gasteiger partial charge in [0.25, 0.3) is 0 Å². The van der Waals surface area contributed by atoms with Gasteiger partial charge in [0.15, 0.2) is 0 Å². The Morgan fingerprint density at radius 2 is 0.362 bits per heavy atom. The fourth-order valence-electron chi connectivity index (χ4n) is 17.0. The number of fused-ring (bicyclic) bond motifs is 15. The molecule has 0 atom stereocenters. The first-order valence-electron chi connectivity index (χ1n) is 32.8. The smallest absolute Gasteiger partial charge is 0.000719 e. The quantitative estimate of drug-likeness (QED) is 0.115. The lowest BCUT2D eigenvalue weighted by Gasteiger charge is -2.21. The summed E-state index contributed by atoms with van der Waals surface area (Å²) >= 11 is 0. The molecule has 3 aliphatic rings. The number of hydrogen-bond acceptors (Lipinski definition) is 0. The van der Waals surface area contributed by atoms with Crippen LogP contribution in [0.2, 0.25) is 0 Å². The monoisotopic (exact) mass is 1180 g/mol. The van der Waals surface area contributed by atoms with Gasteiger partial charge in [0, 0.05) is 0 Å². The topological polar surface area (TPSA) is 0 Å². The maximum atomic E-state index is 2.44.